The zero-order chi connectivity index (χ0) is 19.8. The number of amides is 1. The molecule has 0 radical (unpaired) electrons. The SMILES string of the molecule is COc1ccc(CNC(=O)CC[C@@H]2CCCN(CC3CCCC3)C2)c(OC)c1. The van der Waals surface area contributed by atoms with E-state index < -0.39 is 0 Å². The number of rotatable bonds is 9. The van der Waals surface area contributed by atoms with E-state index in [1.165, 1.54) is 58.2 Å². The van der Waals surface area contributed by atoms with Gasteiger partial charge in [0, 0.05) is 37.7 Å². The molecule has 0 spiro atoms. The first-order chi connectivity index (χ1) is 13.7. The number of benzene rings is 1. The maximum absolute atomic E-state index is 12.4. The molecule has 1 aromatic carbocycles. The molecule has 28 heavy (non-hydrogen) atoms. The van der Waals surface area contributed by atoms with Crippen LogP contribution >= 0.6 is 0 Å². The first-order valence-corrected chi connectivity index (χ1v) is 10.9. The molecule has 1 N–H and O–H groups in total. The minimum absolute atomic E-state index is 0.130. The number of piperidine rings is 1. The lowest BCUT2D eigenvalue weighted by molar-refractivity contribution is -0.121. The van der Waals surface area contributed by atoms with Crippen molar-refractivity contribution in [3.05, 3.63) is 23.8 Å². The third-order valence-electron chi connectivity index (χ3n) is 6.34. The second kappa shape index (κ2) is 10.7. The average molecular weight is 389 g/mol. The van der Waals surface area contributed by atoms with Crippen molar-refractivity contribution >= 4 is 5.91 Å². The van der Waals surface area contributed by atoms with Crippen LogP contribution in [0.1, 0.15) is 56.9 Å². The molecule has 1 aromatic rings. The minimum atomic E-state index is 0.130. The summed E-state index contributed by atoms with van der Waals surface area (Å²) in [6.45, 7) is 4.19. The zero-order valence-electron chi connectivity index (χ0n) is 17.5. The summed E-state index contributed by atoms with van der Waals surface area (Å²) >= 11 is 0. The number of carbonyl (C=O) groups excluding carboxylic acids is 1. The molecular weight excluding hydrogens is 352 g/mol. The molecule has 2 fully saturated rings. The van der Waals surface area contributed by atoms with E-state index in [9.17, 15) is 4.79 Å². The molecule has 0 aromatic heterocycles. The first-order valence-electron chi connectivity index (χ1n) is 10.9. The summed E-state index contributed by atoms with van der Waals surface area (Å²) in [5.41, 5.74) is 0.969. The van der Waals surface area contributed by atoms with Crippen LogP contribution in [0.25, 0.3) is 0 Å². The van der Waals surface area contributed by atoms with Crippen LogP contribution in [0.15, 0.2) is 18.2 Å². The van der Waals surface area contributed by atoms with Gasteiger partial charge in [0.1, 0.15) is 11.5 Å². The van der Waals surface area contributed by atoms with Gasteiger partial charge in [-0.2, -0.15) is 0 Å². The molecule has 1 heterocycles. The molecule has 3 rings (SSSR count). The number of hydrogen-bond acceptors (Lipinski definition) is 4. The van der Waals surface area contributed by atoms with Gasteiger partial charge in [0.15, 0.2) is 0 Å². The Labute approximate surface area is 169 Å². The Kier molecular flexibility index (Phi) is 8.01. The first kappa shape index (κ1) is 21.0. The zero-order valence-corrected chi connectivity index (χ0v) is 17.5. The van der Waals surface area contributed by atoms with Crippen LogP contribution in [-0.2, 0) is 11.3 Å². The quantitative estimate of drug-likeness (QED) is 0.695. The van der Waals surface area contributed by atoms with E-state index in [2.05, 4.69) is 10.2 Å². The summed E-state index contributed by atoms with van der Waals surface area (Å²) in [6.07, 6.45) is 9.81. The molecule has 156 valence electrons. The van der Waals surface area contributed by atoms with Crippen LogP contribution in [0.3, 0.4) is 0 Å². The Balaban J connectivity index is 1.39. The monoisotopic (exact) mass is 388 g/mol. The number of nitrogens with zero attached hydrogens (tertiary/aromatic N) is 1. The molecule has 0 unspecified atom stereocenters. The summed E-state index contributed by atoms with van der Waals surface area (Å²) in [6, 6.07) is 5.69. The summed E-state index contributed by atoms with van der Waals surface area (Å²) in [5.74, 6) is 3.21. The van der Waals surface area contributed by atoms with Gasteiger partial charge >= 0.3 is 0 Å². The Morgan fingerprint density at radius 1 is 1.11 bits per heavy atom. The lowest BCUT2D eigenvalue weighted by Crippen LogP contribution is -2.38. The van der Waals surface area contributed by atoms with Gasteiger partial charge in [0.2, 0.25) is 5.91 Å². The van der Waals surface area contributed by atoms with Crippen molar-refractivity contribution in [3.8, 4) is 11.5 Å². The fraction of sp³-hybridized carbons (Fsp3) is 0.696. The van der Waals surface area contributed by atoms with E-state index in [0.717, 1.165) is 29.4 Å². The van der Waals surface area contributed by atoms with E-state index in [-0.39, 0.29) is 5.91 Å². The van der Waals surface area contributed by atoms with E-state index >= 15 is 0 Å². The number of carbonyl (C=O) groups is 1. The van der Waals surface area contributed by atoms with Crippen LogP contribution in [0, 0.1) is 11.8 Å². The molecule has 1 saturated carbocycles. The Hall–Kier alpha value is -1.75. The Morgan fingerprint density at radius 3 is 2.64 bits per heavy atom. The van der Waals surface area contributed by atoms with Gasteiger partial charge < -0.3 is 19.7 Å². The summed E-state index contributed by atoms with van der Waals surface area (Å²) in [7, 11) is 3.27. The molecule has 5 nitrogen and oxygen atoms in total. The number of nitrogens with one attached hydrogen (secondary N) is 1. The van der Waals surface area contributed by atoms with Crippen LogP contribution < -0.4 is 14.8 Å². The highest BCUT2D eigenvalue weighted by molar-refractivity contribution is 5.75. The molecule has 2 aliphatic rings. The highest BCUT2D eigenvalue weighted by atomic mass is 16.5. The molecule has 1 saturated heterocycles. The van der Waals surface area contributed by atoms with Crippen LogP contribution in [0.5, 0.6) is 11.5 Å². The van der Waals surface area contributed by atoms with Gasteiger partial charge in [-0.1, -0.05) is 12.8 Å². The number of ether oxygens (including phenoxy) is 2. The molecule has 0 bridgehead atoms. The van der Waals surface area contributed by atoms with Crippen LogP contribution in [-0.4, -0.2) is 44.7 Å². The van der Waals surface area contributed by atoms with Crippen molar-refractivity contribution in [2.24, 2.45) is 11.8 Å². The smallest absolute Gasteiger partial charge is 0.220 e. The molecule has 1 amide bonds. The largest absolute Gasteiger partial charge is 0.497 e. The third kappa shape index (κ3) is 6.13. The minimum Gasteiger partial charge on any atom is -0.497 e. The topological polar surface area (TPSA) is 50.8 Å². The highest BCUT2D eigenvalue weighted by Gasteiger charge is 2.24. The average Bonchev–Trinajstić information content (AvgIpc) is 3.23. The number of hydrogen-bond donors (Lipinski definition) is 1. The predicted molar refractivity (Wildman–Crippen MR) is 112 cm³/mol. The number of likely N-dealkylation sites (tertiary alicyclic amines) is 1. The standard InChI is InChI=1S/C23H36N2O3/c1-27-21-11-10-20(22(14-21)28-2)15-24-23(26)12-9-19-8-5-13-25(17-19)16-18-6-3-4-7-18/h10-11,14,18-19H,3-9,12-13,15-17H2,1-2H3,(H,24,26)/t19-/m0/s1. The molecule has 5 heteroatoms. The second-order valence-corrected chi connectivity index (χ2v) is 8.41. The van der Waals surface area contributed by atoms with Crippen molar-refractivity contribution in [3.63, 3.8) is 0 Å². The van der Waals surface area contributed by atoms with E-state index in [0.29, 0.717) is 18.9 Å². The fourth-order valence-electron chi connectivity index (χ4n) is 4.73. The normalized spacial score (nSPS) is 20.9. The maximum Gasteiger partial charge on any atom is 0.220 e. The Bertz CT molecular complexity index is 628. The van der Waals surface area contributed by atoms with E-state index in [1.807, 2.05) is 18.2 Å². The maximum atomic E-state index is 12.4. The summed E-state index contributed by atoms with van der Waals surface area (Å²) in [5, 5.41) is 3.05. The van der Waals surface area contributed by atoms with Crippen molar-refractivity contribution in [1.82, 2.24) is 10.2 Å². The van der Waals surface area contributed by atoms with Gasteiger partial charge in [-0.15, -0.1) is 0 Å². The van der Waals surface area contributed by atoms with Gasteiger partial charge in [-0.25, -0.2) is 0 Å². The lowest BCUT2D eigenvalue weighted by atomic mass is 9.92. The van der Waals surface area contributed by atoms with Gasteiger partial charge in [0.25, 0.3) is 0 Å². The van der Waals surface area contributed by atoms with Gasteiger partial charge in [-0.3, -0.25) is 4.79 Å². The highest BCUT2D eigenvalue weighted by Crippen LogP contribution is 2.28. The van der Waals surface area contributed by atoms with E-state index in [4.69, 9.17) is 9.47 Å². The lowest BCUT2D eigenvalue weighted by Gasteiger charge is -2.34. The van der Waals surface area contributed by atoms with Crippen LogP contribution in [0.2, 0.25) is 0 Å². The van der Waals surface area contributed by atoms with Gasteiger partial charge in [0.05, 0.1) is 14.2 Å². The van der Waals surface area contributed by atoms with Crippen molar-refractivity contribution in [2.75, 3.05) is 33.9 Å². The summed E-state index contributed by atoms with van der Waals surface area (Å²) < 4.78 is 10.6. The van der Waals surface area contributed by atoms with Crippen molar-refractivity contribution in [1.29, 1.82) is 0 Å². The fourth-order valence-corrected chi connectivity index (χ4v) is 4.73. The van der Waals surface area contributed by atoms with Crippen molar-refractivity contribution in [2.45, 2.75) is 57.9 Å². The molecule has 1 aliphatic heterocycles. The Morgan fingerprint density at radius 2 is 1.89 bits per heavy atom. The van der Waals surface area contributed by atoms with E-state index in [1.54, 1.807) is 14.2 Å². The second-order valence-electron chi connectivity index (χ2n) is 8.41. The molecule has 1 aliphatic carbocycles. The third-order valence-corrected chi connectivity index (χ3v) is 6.34. The number of methoxy groups -OCH3 is 2. The predicted octanol–water partition coefficient (Wildman–Crippen LogP) is 4.00. The molecular formula is C23H36N2O3. The van der Waals surface area contributed by atoms with Gasteiger partial charge in [-0.05, 0) is 62.6 Å². The van der Waals surface area contributed by atoms with Crippen LogP contribution in [0.4, 0.5) is 0 Å². The summed E-state index contributed by atoms with van der Waals surface area (Å²) in [4.78, 5) is 15.0. The molecule has 1 atom stereocenters. The van der Waals surface area contributed by atoms with Crippen molar-refractivity contribution < 1.29 is 14.3 Å².